The number of hydrogen-bond donors (Lipinski definition) is 2. The van der Waals surface area contributed by atoms with E-state index in [1.54, 1.807) is 6.20 Å². The lowest BCUT2D eigenvalue weighted by Crippen LogP contribution is -2.02. The van der Waals surface area contributed by atoms with E-state index in [2.05, 4.69) is 20.6 Å². The molecule has 2 aromatic carbocycles. The van der Waals surface area contributed by atoms with Gasteiger partial charge in [0.2, 0.25) is 5.95 Å². The zero-order chi connectivity index (χ0) is 16.2. The van der Waals surface area contributed by atoms with Crippen molar-refractivity contribution in [1.29, 1.82) is 0 Å². The average molecular weight is 325 g/mol. The zero-order valence-electron chi connectivity index (χ0n) is 13.0. The van der Waals surface area contributed by atoms with Crippen LogP contribution in [0.3, 0.4) is 0 Å². The van der Waals surface area contributed by atoms with E-state index < -0.39 is 0 Å². The van der Waals surface area contributed by atoms with Crippen molar-refractivity contribution in [3.05, 3.63) is 70.9 Å². The molecule has 0 amide bonds. The fraction of sp³-hybridized carbons (Fsp3) is 0.111. The molecule has 0 aliphatic rings. The van der Waals surface area contributed by atoms with E-state index in [0.29, 0.717) is 16.8 Å². The van der Waals surface area contributed by atoms with Gasteiger partial charge in [-0.1, -0.05) is 47.5 Å². The van der Waals surface area contributed by atoms with Crippen LogP contribution in [0.1, 0.15) is 11.1 Å². The van der Waals surface area contributed by atoms with Crippen LogP contribution in [0.2, 0.25) is 5.02 Å². The molecular weight excluding hydrogens is 308 g/mol. The van der Waals surface area contributed by atoms with E-state index in [1.807, 2.05) is 62.4 Å². The molecule has 0 saturated heterocycles. The van der Waals surface area contributed by atoms with Crippen LogP contribution >= 0.6 is 11.6 Å². The summed E-state index contributed by atoms with van der Waals surface area (Å²) in [5, 5.41) is 6.91. The minimum atomic E-state index is 0.475. The van der Waals surface area contributed by atoms with E-state index in [4.69, 9.17) is 11.6 Å². The second-order valence-electron chi connectivity index (χ2n) is 5.32. The zero-order valence-corrected chi connectivity index (χ0v) is 13.7. The van der Waals surface area contributed by atoms with Gasteiger partial charge in [-0.3, -0.25) is 0 Å². The van der Waals surface area contributed by atoms with Crippen molar-refractivity contribution in [3.8, 4) is 0 Å². The summed E-state index contributed by atoms with van der Waals surface area (Å²) < 4.78 is 0. The quantitative estimate of drug-likeness (QED) is 0.689. The number of rotatable bonds is 4. The Morgan fingerprint density at radius 3 is 2.39 bits per heavy atom. The Bertz CT molecular complexity index is 816. The predicted molar refractivity (Wildman–Crippen MR) is 96.0 cm³/mol. The largest absolute Gasteiger partial charge is 0.339 e. The number of hydrogen-bond acceptors (Lipinski definition) is 4. The molecule has 5 heteroatoms. The topological polar surface area (TPSA) is 49.8 Å². The Morgan fingerprint density at radius 1 is 0.913 bits per heavy atom. The normalized spacial score (nSPS) is 10.4. The molecule has 1 heterocycles. The summed E-state index contributed by atoms with van der Waals surface area (Å²) in [5.74, 6) is 1.07. The first kappa shape index (κ1) is 15.3. The summed E-state index contributed by atoms with van der Waals surface area (Å²) in [5.41, 5.74) is 4.22. The summed E-state index contributed by atoms with van der Waals surface area (Å²) in [6.07, 6.45) is 1.59. The molecule has 0 spiro atoms. The molecule has 0 bridgehead atoms. The summed E-state index contributed by atoms with van der Waals surface area (Å²) in [6, 6.07) is 16.0. The molecule has 0 radical (unpaired) electrons. The summed E-state index contributed by atoms with van der Waals surface area (Å²) >= 11 is 6.21. The molecule has 0 aliphatic carbocycles. The van der Waals surface area contributed by atoms with E-state index in [-0.39, 0.29) is 0 Å². The first-order chi connectivity index (χ1) is 11.1. The van der Waals surface area contributed by atoms with Crippen molar-refractivity contribution >= 4 is 34.7 Å². The third kappa shape index (κ3) is 3.79. The van der Waals surface area contributed by atoms with Crippen LogP contribution in [-0.4, -0.2) is 9.97 Å². The van der Waals surface area contributed by atoms with Crippen molar-refractivity contribution in [2.45, 2.75) is 13.8 Å². The van der Waals surface area contributed by atoms with Gasteiger partial charge in [-0.25, -0.2) is 4.98 Å². The van der Waals surface area contributed by atoms with Crippen molar-refractivity contribution in [3.63, 3.8) is 0 Å². The molecule has 0 fully saturated rings. The number of nitrogens with zero attached hydrogens (tertiary/aromatic N) is 2. The predicted octanol–water partition coefficient (Wildman–Crippen LogP) is 5.23. The van der Waals surface area contributed by atoms with Crippen LogP contribution in [0.25, 0.3) is 0 Å². The second kappa shape index (κ2) is 6.67. The number of nitrogens with one attached hydrogen (secondary N) is 2. The molecule has 0 aliphatic heterocycles. The highest BCUT2D eigenvalue weighted by Gasteiger charge is 2.07. The van der Waals surface area contributed by atoms with E-state index in [0.717, 1.165) is 16.9 Å². The van der Waals surface area contributed by atoms with Crippen LogP contribution in [0.4, 0.5) is 23.1 Å². The molecule has 3 rings (SSSR count). The van der Waals surface area contributed by atoms with Crippen molar-refractivity contribution in [2.75, 3.05) is 10.6 Å². The van der Waals surface area contributed by atoms with Crippen molar-refractivity contribution in [2.24, 2.45) is 0 Å². The van der Waals surface area contributed by atoms with E-state index >= 15 is 0 Å². The van der Waals surface area contributed by atoms with E-state index in [1.165, 1.54) is 5.56 Å². The minimum Gasteiger partial charge on any atom is -0.339 e. The maximum atomic E-state index is 6.21. The smallest absolute Gasteiger partial charge is 0.229 e. The van der Waals surface area contributed by atoms with Gasteiger partial charge in [-0.15, -0.1) is 0 Å². The Kier molecular flexibility index (Phi) is 4.44. The number of halogens is 1. The monoisotopic (exact) mass is 324 g/mol. The molecule has 1 aromatic heterocycles. The average Bonchev–Trinajstić information content (AvgIpc) is 2.55. The lowest BCUT2D eigenvalue weighted by Gasteiger charge is -2.11. The molecule has 2 N–H and O–H groups in total. The van der Waals surface area contributed by atoms with Gasteiger partial charge in [0.05, 0.1) is 6.20 Å². The van der Waals surface area contributed by atoms with Gasteiger partial charge in [-0.05, 0) is 37.6 Å². The van der Waals surface area contributed by atoms with Crippen LogP contribution in [0.15, 0.2) is 54.7 Å². The van der Waals surface area contributed by atoms with Crippen LogP contribution in [0, 0.1) is 13.8 Å². The summed E-state index contributed by atoms with van der Waals surface area (Å²) in [7, 11) is 0. The Hall–Kier alpha value is -2.59. The number of para-hydroxylation sites is 1. The van der Waals surface area contributed by atoms with Gasteiger partial charge in [0.1, 0.15) is 5.02 Å². The Morgan fingerprint density at radius 2 is 1.65 bits per heavy atom. The van der Waals surface area contributed by atoms with Gasteiger partial charge in [0.25, 0.3) is 0 Å². The lowest BCUT2D eigenvalue weighted by atomic mass is 10.2. The Balaban J connectivity index is 1.84. The van der Waals surface area contributed by atoms with Gasteiger partial charge in [-0.2, -0.15) is 4.98 Å². The van der Waals surface area contributed by atoms with Crippen LogP contribution in [-0.2, 0) is 0 Å². The van der Waals surface area contributed by atoms with Crippen LogP contribution in [0.5, 0.6) is 0 Å². The molecule has 4 nitrogen and oxygen atoms in total. The minimum absolute atomic E-state index is 0.475. The number of aromatic nitrogens is 2. The second-order valence-corrected chi connectivity index (χ2v) is 5.73. The molecule has 0 atom stereocenters. The standard InChI is InChI=1S/C18H17ClN4/c1-12-7-9-14(10-8-12)21-18-20-11-15(19)17(23-18)22-16-6-4-3-5-13(16)2/h3-11H,1-2H3,(H2,20,21,22,23). The molecule has 23 heavy (non-hydrogen) atoms. The molecular formula is C18H17ClN4. The SMILES string of the molecule is Cc1ccc(Nc2ncc(Cl)c(Nc3ccccc3C)n2)cc1. The summed E-state index contributed by atoms with van der Waals surface area (Å²) in [4.78, 5) is 8.69. The van der Waals surface area contributed by atoms with E-state index in [9.17, 15) is 0 Å². The molecule has 116 valence electrons. The van der Waals surface area contributed by atoms with Gasteiger partial charge in [0, 0.05) is 11.4 Å². The highest BCUT2D eigenvalue weighted by atomic mass is 35.5. The first-order valence-electron chi connectivity index (χ1n) is 7.31. The fourth-order valence-electron chi connectivity index (χ4n) is 2.12. The highest BCUT2D eigenvalue weighted by molar-refractivity contribution is 6.32. The third-order valence-corrected chi connectivity index (χ3v) is 3.73. The molecule has 0 saturated carbocycles. The lowest BCUT2D eigenvalue weighted by molar-refractivity contribution is 1.16. The van der Waals surface area contributed by atoms with Gasteiger partial charge < -0.3 is 10.6 Å². The number of aryl methyl sites for hydroxylation is 2. The Labute approximate surface area is 140 Å². The number of benzene rings is 2. The van der Waals surface area contributed by atoms with Crippen molar-refractivity contribution < 1.29 is 0 Å². The fourth-order valence-corrected chi connectivity index (χ4v) is 2.26. The molecule has 3 aromatic rings. The van der Waals surface area contributed by atoms with Crippen molar-refractivity contribution in [1.82, 2.24) is 9.97 Å². The third-order valence-electron chi connectivity index (χ3n) is 3.45. The summed E-state index contributed by atoms with van der Waals surface area (Å²) in [6.45, 7) is 4.08. The number of anilines is 4. The van der Waals surface area contributed by atoms with Crippen LogP contribution < -0.4 is 10.6 Å². The maximum Gasteiger partial charge on any atom is 0.229 e. The van der Waals surface area contributed by atoms with Gasteiger partial charge >= 0.3 is 0 Å². The highest BCUT2D eigenvalue weighted by Crippen LogP contribution is 2.26. The first-order valence-corrected chi connectivity index (χ1v) is 7.68. The maximum absolute atomic E-state index is 6.21. The van der Waals surface area contributed by atoms with Gasteiger partial charge in [0.15, 0.2) is 5.82 Å². The molecule has 0 unspecified atom stereocenters.